The minimum absolute atomic E-state index is 0.00653. The molecule has 1 fully saturated rings. The smallest absolute Gasteiger partial charge is 0.433 e. The summed E-state index contributed by atoms with van der Waals surface area (Å²) in [6.45, 7) is 4.74. The highest BCUT2D eigenvalue weighted by Crippen LogP contribution is 2.30. The van der Waals surface area contributed by atoms with Gasteiger partial charge in [-0.2, -0.15) is 13.2 Å². The van der Waals surface area contributed by atoms with Crippen LogP contribution in [0.3, 0.4) is 0 Å². The highest BCUT2D eigenvalue weighted by atomic mass is 32.2. The van der Waals surface area contributed by atoms with Crippen molar-refractivity contribution in [2.24, 2.45) is 0 Å². The number of hydrogen-bond acceptors (Lipinski definition) is 6. The average molecular weight is 472 g/mol. The molecule has 1 aliphatic rings. The van der Waals surface area contributed by atoms with Crippen molar-refractivity contribution in [1.82, 2.24) is 9.88 Å². The maximum atomic E-state index is 13.2. The van der Waals surface area contributed by atoms with Crippen molar-refractivity contribution in [2.75, 3.05) is 37.3 Å². The van der Waals surface area contributed by atoms with Gasteiger partial charge in [0.1, 0.15) is 11.4 Å². The quantitative estimate of drug-likeness (QED) is 0.666. The number of nitrogens with zero attached hydrogens (tertiary/aromatic N) is 3. The maximum Gasteiger partial charge on any atom is 0.433 e. The van der Waals surface area contributed by atoms with Gasteiger partial charge in [-0.15, -0.1) is 0 Å². The number of carbonyl (C=O) groups is 1. The predicted octanol–water partition coefficient (Wildman–Crippen LogP) is 3.25. The molecular formula is C21H24F3N3O4S. The van der Waals surface area contributed by atoms with E-state index < -0.39 is 27.6 Å². The zero-order valence-corrected chi connectivity index (χ0v) is 18.7. The van der Waals surface area contributed by atoms with Gasteiger partial charge in [-0.25, -0.2) is 8.42 Å². The number of amides is 1. The fraction of sp³-hybridized carbons (Fsp3) is 0.429. The Morgan fingerprint density at radius 2 is 1.75 bits per heavy atom. The largest absolute Gasteiger partial charge is 0.490 e. The minimum atomic E-state index is -4.54. The number of carbonyl (C=O) groups excluding carboxylic acids is 1. The second-order valence-corrected chi connectivity index (χ2v) is 9.79. The molecular weight excluding hydrogens is 447 g/mol. The van der Waals surface area contributed by atoms with Crippen molar-refractivity contribution < 1.29 is 31.1 Å². The summed E-state index contributed by atoms with van der Waals surface area (Å²) in [6, 6.07) is 6.65. The lowest BCUT2D eigenvalue weighted by atomic mass is 10.1. The number of benzene rings is 1. The van der Waals surface area contributed by atoms with Crippen molar-refractivity contribution in [2.45, 2.75) is 31.0 Å². The van der Waals surface area contributed by atoms with Crippen LogP contribution < -0.4 is 9.64 Å². The van der Waals surface area contributed by atoms with Gasteiger partial charge < -0.3 is 14.5 Å². The van der Waals surface area contributed by atoms with E-state index in [-0.39, 0.29) is 35.4 Å². The number of hydrogen-bond donors (Lipinski definition) is 0. The van der Waals surface area contributed by atoms with Crippen molar-refractivity contribution in [3.63, 3.8) is 0 Å². The third-order valence-electron chi connectivity index (χ3n) is 4.94. The van der Waals surface area contributed by atoms with E-state index in [1.54, 1.807) is 18.7 Å². The molecule has 0 N–H and O–H groups in total. The van der Waals surface area contributed by atoms with Gasteiger partial charge in [0.25, 0.3) is 5.91 Å². The number of pyridine rings is 1. The molecule has 1 aromatic heterocycles. The standard InChI is InChI=1S/C21H24F3N3O4S/c1-14(2)31-18-5-4-16(32(3,29)30)13-17(18)20(28)27-10-8-26(9-11-27)15-6-7-25-19(12-15)21(22,23)24/h4-7,12-14H,8-11H2,1-3H3. The molecule has 0 aliphatic carbocycles. The lowest BCUT2D eigenvalue weighted by molar-refractivity contribution is -0.141. The fourth-order valence-corrected chi connectivity index (χ4v) is 4.02. The fourth-order valence-electron chi connectivity index (χ4n) is 3.37. The Labute approximate surface area is 184 Å². The molecule has 32 heavy (non-hydrogen) atoms. The van der Waals surface area contributed by atoms with Gasteiger partial charge in [0.2, 0.25) is 0 Å². The highest BCUT2D eigenvalue weighted by molar-refractivity contribution is 7.90. The van der Waals surface area contributed by atoms with E-state index in [0.29, 0.717) is 18.8 Å². The number of sulfone groups is 1. The van der Waals surface area contributed by atoms with Crippen molar-refractivity contribution >= 4 is 21.4 Å². The summed E-state index contributed by atoms with van der Waals surface area (Å²) in [5.74, 6) is -0.111. The number of rotatable bonds is 5. The Kier molecular flexibility index (Phi) is 6.68. The molecule has 2 heterocycles. The molecule has 11 heteroatoms. The molecule has 0 spiro atoms. The Morgan fingerprint density at radius 3 is 2.31 bits per heavy atom. The average Bonchev–Trinajstić information content (AvgIpc) is 2.72. The zero-order valence-electron chi connectivity index (χ0n) is 17.9. The van der Waals surface area contributed by atoms with Crippen LogP contribution in [0, 0.1) is 0 Å². The topological polar surface area (TPSA) is 79.8 Å². The van der Waals surface area contributed by atoms with Gasteiger partial charge in [-0.1, -0.05) is 0 Å². The molecule has 1 saturated heterocycles. The summed E-state index contributed by atoms with van der Waals surface area (Å²) in [5, 5.41) is 0. The van der Waals surface area contributed by atoms with Crippen LogP contribution in [-0.4, -0.2) is 62.7 Å². The van der Waals surface area contributed by atoms with Crippen LogP contribution in [-0.2, 0) is 16.0 Å². The lowest BCUT2D eigenvalue weighted by Crippen LogP contribution is -2.49. The Morgan fingerprint density at radius 1 is 1.09 bits per heavy atom. The predicted molar refractivity (Wildman–Crippen MR) is 113 cm³/mol. The Bertz CT molecular complexity index is 1100. The first-order valence-corrected chi connectivity index (χ1v) is 11.8. The number of halogens is 3. The summed E-state index contributed by atoms with van der Waals surface area (Å²) in [4.78, 5) is 19.8. The molecule has 1 aromatic carbocycles. The number of piperazine rings is 1. The van der Waals surface area contributed by atoms with Gasteiger partial charge in [0, 0.05) is 44.3 Å². The number of ether oxygens (including phenoxy) is 1. The molecule has 1 amide bonds. The first kappa shape index (κ1) is 23.8. The molecule has 1 aliphatic heterocycles. The summed E-state index contributed by atoms with van der Waals surface area (Å²) >= 11 is 0. The Balaban J connectivity index is 1.79. The third-order valence-corrected chi connectivity index (χ3v) is 6.05. The number of alkyl halides is 3. The van der Waals surface area contributed by atoms with Crippen molar-refractivity contribution in [3.05, 3.63) is 47.8 Å². The van der Waals surface area contributed by atoms with Crippen LogP contribution in [0.2, 0.25) is 0 Å². The van der Waals surface area contributed by atoms with Crippen LogP contribution in [0.25, 0.3) is 0 Å². The summed E-state index contributed by atoms with van der Waals surface area (Å²) < 4.78 is 68.5. The number of aromatic nitrogens is 1. The van der Waals surface area contributed by atoms with Crippen LogP contribution >= 0.6 is 0 Å². The van der Waals surface area contributed by atoms with Gasteiger partial charge in [0.15, 0.2) is 9.84 Å². The molecule has 0 saturated carbocycles. The maximum absolute atomic E-state index is 13.2. The minimum Gasteiger partial charge on any atom is -0.490 e. The normalized spacial score (nSPS) is 15.2. The van der Waals surface area contributed by atoms with Crippen molar-refractivity contribution in [3.8, 4) is 5.75 Å². The van der Waals surface area contributed by atoms with Gasteiger partial charge in [-0.05, 0) is 44.2 Å². The van der Waals surface area contributed by atoms with Crippen molar-refractivity contribution in [1.29, 1.82) is 0 Å². The summed E-state index contributed by atoms with van der Waals surface area (Å²) in [6.07, 6.45) is -2.59. The SMILES string of the molecule is CC(C)Oc1ccc(S(C)(=O)=O)cc1C(=O)N1CCN(c2ccnc(C(F)(F)F)c2)CC1. The first-order chi connectivity index (χ1) is 14.9. The lowest BCUT2D eigenvalue weighted by Gasteiger charge is -2.36. The van der Waals surface area contributed by atoms with E-state index in [2.05, 4.69) is 4.98 Å². The van der Waals surface area contributed by atoms with E-state index in [1.807, 2.05) is 0 Å². The van der Waals surface area contributed by atoms with Crippen LogP contribution in [0.4, 0.5) is 18.9 Å². The van der Waals surface area contributed by atoms with E-state index in [0.717, 1.165) is 18.5 Å². The molecule has 3 rings (SSSR count). The molecule has 0 radical (unpaired) electrons. The zero-order chi connectivity index (χ0) is 23.7. The third kappa shape index (κ3) is 5.50. The summed E-state index contributed by atoms with van der Waals surface area (Å²) in [5.41, 5.74) is -0.456. The van der Waals surface area contributed by atoms with Gasteiger partial charge in [-0.3, -0.25) is 9.78 Å². The number of anilines is 1. The van der Waals surface area contributed by atoms with Crippen LogP contribution in [0.5, 0.6) is 5.75 Å². The van der Waals surface area contributed by atoms with E-state index in [9.17, 15) is 26.4 Å². The molecule has 174 valence electrons. The Hall–Kier alpha value is -2.82. The highest BCUT2D eigenvalue weighted by Gasteiger charge is 2.33. The summed E-state index contributed by atoms with van der Waals surface area (Å²) in [7, 11) is -3.53. The molecule has 2 aromatic rings. The van der Waals surface area contributed by atoms with Gasteiger partial charge in [0.05, 0.1) is 16.6 Å². The van der Waals surface area contributed by atoms with E-state index in [4.69, 9.17) is 4.74 Å². The molecule has 0 unspecified atom stereocenters. The monoisotopic (exact) mass is 471 g/mol. The molecule has 0 bridgehead atoms. The van der Waals surface area contributed by atoms with Crippen LogP contribution in [0.1, 0.15) is 29.9 Å². The van der Waals surface area contributed by atoms with Gasteiger partial charge >= 0.3 is 6.18 Å². The second kappa shape index (κ2) is 8.97. The van der Waals surface area contributed by atoms with E-state index >= 15 is 0 Å². The second-order valence-electron chi connectivity index (χ2n) is 7.77. The molecule has 0 atom stereocenters. The first-order valence-electron chi connectivity index (χ1n) is 9.94. The van der Waals surface area contributed by atoms with Crippen LogP contribution in [0.15, 0.2) is 41.4 Å². The van der Waals surface area contributed by atoms with E-state index in [1.165, 1.54) is 29.2 Å². The molecule has 7 nitrogen and oxygen atoms in total.